The molecule has 0 heterocycles. The monoisotopic (exact) mass is 236 g/mol. The Morgan fingerprint density at radius 2 is 1.76 bits per heavy atom. The van der Waals surface area contributed by atoms with E-state index >= 15 is 0 Å². The average molecular weight is 236 g/mol. The van der Waals surface area contributed by atoms with Gasteiger partial charge in [-0.25, -0.2) is 4.39 Å². The minimum absolute atomic E-state index is 0.284. The first-order valence-corrected chi connectivity index (χ1v) is 6.70. The molecule has 0 aromatic heterocycles. The lowest BCUT2D eigenvalue weighted by atomic mass is 9.91. The third-order valence-electron chi connectivity index (χ3n) is 3.80. The largest absolute Gasteiger partial charge is 0.388 e. The van der Waals surface area contributed by atoms with Crippen LogP contribution in [0.5, 0.6) is 0 Å². The van der Waals surface area contributed by atoms with E-state index in [0.717, 1.165) is 0 Å². The third kappa shape index (κ3) is 3.53. The fraction of sp³-hybridized carbons (Fsp3) is 0.600. The fourth-order valence-electron chi connectivity index (χ4n) is 2.79. The van der Waals surface area contributed by atoms with E-state index in [0.29, 0.717) is 17.9 Å². The van der Waals surface area contributed by atoms with Crippen molar-refractivity contribution in [2.45, 2.75) is 51.0 Å². The summed E-state index contributed by atoms with van der Waals surface area (Å²) < 4.78 is 13.5. The number of aliphatic hydroxyl groups excluding tert-OH is 1. The summed E-state index contributed by atoms with van der Waals surface area (Å²) in [6.07, 6.45) is 7.58. The lowest BCUT2D eigenvalue weighted by molar-refractivity contribution is 0.135. The van der Waals surface area contributed by atoms with E-state index in [9.17, 15) is 9.50 Å². The van der Waals surface area contributed by atoms with Crippen LogP contribution in [0.25, 0.3) is 0 Å². The van der Waals surface area contributed by atoms with Gasteiger partial charge in [0.05, 0.1) is 6.10 Å². The summed E-state index contributed by atoms with van der Waals surface area (Å²) in [4.78, 5) is 0. The summed E-state index contributed by atoms with van der Waals surface area (Å²) in [5.74, 6) is 0.278. The molecule has 94 valence electrons. The highest BCUT2D eigenvalue weighted by Crippen LogP contribution is 2.31. The zero-order valence-corrected chi connectivity index (χ0v) is 10.2. The molecule has 1 aliphatic carbocycles. The first kappa shape index (κ1) is 12.6. The van der Waals surface area contributed by atoms with Crippen LogP contribution in [-0.2, 0) is 0 Å². The molecule has 1 unspecified atom stereocenters. The van der Waals surface area contributed by atoms with Gasteiger partial charge in [0.25, 0.3) is 0 Å². The highest BCUT2D eigenvalue weighted by atomic mass is 19.1. The lowest BCUT2D eigenvalue weighted by Gasteiger charge is -2.19. The van der Waals surface area contributed by atoms with E-state index in [1.54, 1.807) is 18.2 Å². The molecule has 1 nitrogen and oxygen atoms in total. The number of aliphatic hydroxyl groups is 1. The summed E-state index contributed by atoms with van der Waals surface area (Å²) in [5.41, 5.74) is 0.455. The van der Waals surface area contributed by atoms with Crippen LogP contribution in [0, 0.1) is 11.7 Å². The second-order valence-electron chi connectivity index (χ2n) is 5.13. The van der Waals surface area contributed by atoms with Crippen LogP contribution in [0.15, 0.2) is 24.3 Å². The first-order valence-electron chi connectivity index (χ1n) is 6.70. The van der Waals surface area contributed by atoms with E-state index in [2.05, 4.69) is 0 Å². The third-order valence-corrected chi connectivity index (χ3v) is 3.80. The second kappa shape index (κ2) is 6.15. The maximum absolute atomic E-state index is 13.5. The Bertz CT molecular complexity index is 343. The molecule has 1 aromatic carbocycles. The summed E-state index contributed by atoms with van der Waals surface area (Å²) in [7, 11) is 0. The van der Waals surface area contributed by atoms with E-state index in [-0.39, 0.29) is 5.82 Å². The van der Waals surface area contributed by atoms with Gasteiger partial charge in [0.2, 0.25) is 0 Å². The predicted octanol–water partition coefficient (Wildman–Crippen LogP) is 4.22. The minimum atomic E-state index is -0.640. The number of halogens is 1. The van der Waals surface area contributed by atoms with Gasteiger partial charge in [-0.2, -0.15) is 0 Å². The number of hydrogen-bond donors (Lipinski definition) is 1. The van der Waals surface area contributed by atoms with Crippen LogP contribution < -0.4 is 0 Å². The van der Waals surface area contributed by atoms with Crippen LogP contribution in [-0.4, -0.2) is 5.11 Å². The van der Waals surface area contributed by atoms with Crippen LogP contribution in [0.2, 0.25) is 0 Å². The summed E-state index contributed by atoms with van der Waals surface area (Å²) in [6.45, 7) is 0. The SMILES string of the molecule is OC(CC1CCCCCC1)c1ccccc1F. The van der Waals surface area contributed by atoms with Crippen LogP contribution in [0.1, 0.15) is 56.6 Å². The Kier molecular flexibility index (Phi) is 4.55. The molecule has 0 amide bonds. The van der Waals surface area contributed by atoms with Gasteiger partial charge in [-0.1, -0.05) is 56.7 Å². The van der Waals surface area contributed by atoms with Gasteiger partial charge in [0.15, 0.2) is 0 Å². The number of hydrogen-bond acceptors (Lipinski definition) is 1. The van der Waals surface area contributed by atoms with Crippen LogP contribution in [0.3, 0.4) is 0 Å². The van der Waals surface area contributed by atoms with Gasteiger partial charge in [-0.3, -0.25) is 0 Å². The van der Waals surface area contributed by atoms with Gasteiger partial charge in [-0.05, 0) is 18.4 Å². The molecule has 2 rings (SSSR count). The summed E-state index contributed by atoms with van der Waals surface area (Å²) >= 11 is 0. The minimum Gasteiger partial charge on any atom is -0.388 e. The normalized spacial score (nSPS) is 19.9. The van der Waals surface area contributed by atoms with Crippen molar-refractivity contribution >= 4 is 0 Å². The molecule has 0 radical (unpaired) electrons. The van der Waals surface area contributed by atoms with Gasteiger partial charge in [0, 0.05) is 5.56 Å². The number of benzene rings is 1. The Balaban J connectivity index is 1.96. The first-order chi connectivity index (χ1) is 8.27. The smallest absolute Gasteiger partial charge is 0.128 e. The van der Waals surface area contributed by atoms with Crippen molar-refractivity contribution in [1.29, 1.82) is 0 Å². The molecule has 1 saturated carbocycles. The lowest BCUT2D eigenvalue weighted by Crippen LogP contribution is -2.08. The Labute approximate surface area is 103 Å². The van der Waals surface area contributed by atoms with E-state index in [4.69, 9.17) is 0 Å². The Morgan fingerprint density at radius 3 is 2.41 bits per heavy atom. The topological polar surface area (TPSA) is 20.2 Å². The molecule has 1 fully saturated rings. The zero-order valence-electron chi connectivity index (χ0n) is 10.2. The summed E-state index contributed by atoms with van der Waals surface area (Å²) in [5, 5.41) is 10.1. The molecule has 2 heteroatoms. The molecule has 0 saturated heterocycles. The second-order valence-corrected chi connectivity index (χ2v) is 5.13. The van der Waals surface area contributed by atoms with Crippen molar-refractivity contribution in [2.24, 2.45) is 5.92 Å². The van der Waals surface area contributed by atoms with E-state index in [1.807, 2.05) is 0 Å². The van der Waals surface area contributed by atoms with Gasteiger partial charge in [0.1, 0.15) is 5.82 Å². The van der Waals surface area contributed by atoms with Gasteiger partial charge >= 0.3 is 0 Å². The molecule has 17 heavy (non-hydrogen) atoms. The molecule has 0 aliphatic heterocycles. The quantitative estimate of drug-likeness (QED) is 0.779. The number of rotatable bonds is 3. The zero-order chi connectivity index (χ0) is 12.1. The molecule has 1 aliphatic rings. The van der Waals surface area contributed by atoms with Crippen molar-refractivity contribution in [1.82, 2.24) is 0 Å². The van der Waals surface area contributed by atoms with Gasteiger partial charge in [-0.15, -0.1) is 0 Å². The Morgan fingerprint density at radius 1 is 1.12 bits per heavy atom. The highest BCUT2D eigenvalue weighted by Gasteiger charge is 2.19. The summed E-state index contributed by atoms with van der Waals surface area (Å²) in [6, 6.07) is 6.56. The standard InChI is InChI=1S/C15H21FO/c16-14-10-6-5-9-13(14)15(17)11-12-7-3-1-2-4-8-12/h5-6,9-10,12,15,17H,1-4,7-8,11H2. The van der Waals surface area contributed by atoms with Crippen LogP contribution >= 0.6 is 0 Å². The molecule has 1 aromatic rings. The van der Waals surface area contributed by atoms with Crippen molar-refractivity contribution < 1.29 is 9.50 Å². The van der Waals surface area contributed by atoms with Crippen molar-refractivity contribution in [2.75, 3.05) is 0 Å². The fourth-order valence-corrected chi connectivity index (χ4v) is 2.79. The molecule has 1 atom stereocenters. The van der Waals surface area contributed by atoms with Crippen molar-refractivity contribution in [3.63, 3.8) is 0 Å². The molecule has 0 bridgehead atoms. The maximum atomic E-state index is 13.5. The maximum Gasteiger partial charge on any atom is 0.128 e. The highest BCUT2D eigenvalue weighted by molar-refractivity contribution is 5.19. The molecule has 0 spiro atoms. The molecular weight excluding hydrogens is 215 g/mol. The predicted molar refractivity (Wildman–Crippen MR) is 67.2 cm³/mol. The molecule has 1 N–H and O–H groups in total. The molecular formula is C15H21FO. The Hall–Kier alpha value is -0.890. The van der Waals surface area contributed by atoms with Crippen molar-refractivity contribution in [3.8, 4) is 0 Å². The average Bonchev–Trinajstić information content (AvgIpc) is 2.58. The van der Waals surface area contributed by atoms with E-state index < -0.39 is 6.10 Å². The van der Waals surface area contributed by atoms with Gasteiger partial charge < -0.3 is 5.11 Å². The van der Waals surface area contributed by atoms with Crippen LogP contribution in [0.4, 0.5) is 4.39 Å². The van der Waals surface area contributed by atoms with E-state index in [1.165, 1.54) is 44.6 Å². The van der Waals surface area contributed by atoms with Crippen molar-refractivity contribution in [3.05, 3.63) is 35.6 Å².